The molecule has 1 aromatic rings. The highest BCUT2D eigenvalue weighted by atomic mass is 19.1. The molecule has 0 spiro atoms. The molecule has 60 valence electrons. The quantitative estimate of drug-likeness (QED) is 0.661. The van der Waals surface area contributed by atoms with Crippen molar-refractivity contribution in [1.82, 2.24) is 0 Å². The highest BCUT2D eigenvalue weighted by Crippen LogP contribution is 2.21. The van der Waals surface area contributed by atoms with E-state index in [1.807, 2.05) is 6.92 Å². The first-order chi connectivity index (χ1) is 5.24. The summed E-state index contributed by atoms with van der Waals surface area (Å²) in [6.07, 6.45) is 0. The van der Waals surface area contributed by atoms with Gasteiger partial charge < -0.3 is 10.5 Å². The third-order valence-corrected chi connectivity index (χ3v) is 1.27. The van der Waals surface area contributed by atoms with Crippen LogP contribution in [0.25, 0.3) is 0 Å². The minimum Gasteiger partial charge on any atom is -0.492 e. The predicted octanol–water partition coefficient (Wildman–Crippen LogP) is 1.81. The van der Waals surface area contributed by atoms with Crippen molar-refractivity contribution in [2.45, 2.75) is 6.92 Å². The Labute approximate surface area is 64.8 Å². The summed E-state index contributed by atoms with van der Waals surface area (Å²) in [5, 5.41) is 0. The molecule has 1 aromatic carbocycles. The summed E-state index contributed by atoms with van der Waals surface area (Å²) in [6.45, 7) is 2.39. The Balaban J connectivity index is 2.90. The molecule has 3 heteroatoms. The largest absolute Gasteiger partial charge is 0.492 e. The van der Waals surface area contributed by atoms with Gasteiger partial charge in [0.25, 0.3) is 0 Å². The predicted molar refractivity (Wildman–Crippen MR) is 42.0 cm³/mol. The fraction of sp³-hybridized carbons (Fsp3) is 0.250. The van der Waals surface area contributed by atoms with Crippen LogP contribution < -0.4 is 10.5 Å². The molecule has 0 aliphatic rings. The number of hydrogen-bond acceptors (Lipinski definition) is 2. The molecule has 0 fully saturated rings. The topological polar surface area (TPSA) is 35.2 Å². The number of hydrogen-bond donors (Lipinski definition) is 1. The van der Waals surface area contributed by atoms with Gasteiger partial charge in [-0.3, -0.25) is 0 Å². The smallest absolute Gasteiger partial charge is 0.142 e. The average molecular weight is 155 g/mol. The first kappa shape index (κ1) is 7.85. The third-order valence-electron chi connectivity index (χ3n) is 1.27. The van der Waals surface area contributed by atoms with E-state index in [9.17, 15) is 4.39 Å². The Morgan fingerprint density at radius 3 is 2.82 bits per heavy atom. The molecule has 11 heavy (non-hydrogen) atoms. The van der Waals surface area contributed by atoms with E-state index >= 15 is 0 Å². The van der Waals surface area contributed by atoms with Crippen molar-refractivity contribution in [3.8, 4) is 5.75 Å². The van der Waals surface area contributed by atoms with Crippen LogP contribution >= 0.6 is 0 Å². The lowest BCUT2D eigenvalue weighted by molar-refractivity contribution is 0.341. The van der Waals surface area contributed by atoms with E-state index in [1.54, 1.807) is 0 Å². The summed E-state index contributed by atoms with van der Waals surface area (Å²) >= 11 is 0. The number of anilines is 1. The molecule has 0 aliphatic heterocycles. The SMILES string of the molecule is CCOc1ccc(F)cc1N. The second-order valence-electron chi connectivity index (χ2n) is 2.12. The molecule has 0 amide bonds. The van der Waals surface area contributed by atoms with E-state index in [2.05, 4.69) is 0 Å². The van der Waals surface area contributed by atoms with E-state index in [-0.39, 0.29) is 5.82 Å². The molecule has 0 aromatic heterocycles. The van der Waals surface area contributed by atoms with E-state index < -0.39 is 0 Å². The lowest BCUT2D eigenvalue weighted by Gasteiger charge is -2.05. The van der Waals surface area contributed by atoms with Crippen LogP contribution in [0.2, 0.25) is 0 Å². The Bertz CT molecular complexity index is 250. The number of benzene rings is 1. The Hall–Kier alpha value is -1.25. The van der Waals surface area contributed by atoms with Gasteiger partial charge in [-0.15, -0.1) is 0 Å². The molecular formula is C8H10FNO. The van der Waals surface area contributed by atoms with Crippen LogP contribution in [0.4, 0.5) is 10.1 Å². The zero-order chi connectivity index (χ0) is 8.27. The van der Waals surface area contributed by atoms with Crippen molar-refractivity contribution in [3.05, 3.63) is 24.0 Å². The second-order valence-corrected chi connectivity index (χ2v) is 2.12. The average Bonchev–Trinajstić information content (AvgIpc) is 1.95. The number of nitrogens with two attached hydrogens (primary N) is 1. The van der Waals surface area contributed by atoms with Gasteiger partial charge in [0, 0.05) is 6.07 Å². The van der Waals surface area contributed by atoms with Gasteiger partial charge in [-0.05, 0) is 19.1 Å². The molecule has 0 aliphatic carbocycles. The monoisotopic (exact) mass is 155 g/mol. The van der Waals surface area contributed by atoms with Crippen LogP contribution in [0.15, 0.2) is 18.2 Å². The summed E-state index contributed by atoms with van der Waals surface area (Å²) < 4.78 is 17.6. The van der Waals surface area contributed by atoms with Crippen LogP contribution in [-0.4, -0.2) is 6.61 Å². The summed E-state index contributed by atoms with van der Waals surface area (Å²) in [6, 6.07) is 4.08. The lowest BCUT2D eigenvalue weighted by atomic mass is 10.3. The summed E-state index contributed by atoms with van der Waals surface area (Å²) in [4.78, 5) is 0. The zero-order valence-corrected chi connectivity index (χ0v) is 6.30. The first-order valence-electron chi connectivity index (χ1n) is 3.42. The Kier molecular flexibility index (Phi) is 2.31. The van der Waals surface area contributed by atoms with Crippen LogP contribution in [0.5, 0.6) is 5.75 Å². The standard InChI is InChI=1S/C8H10FNO/c1-2-11-8-4-3-6(9)5-7(8)10/h3-5H,2,10H2,1H3. The molecule has 2 N–H and O–H groups in total. The molecule has 0 radical (unpaired) electrons. The molecule has 0 saturated heterocycles. The fourth-order valence-electron chi connectivity index (χ4n) is 0.806. The summed E-state index contributed by atoms with van der Waals surface area (Å²) in [7, 11) is 0. The van der Waals surface area contributed by atoms with Crippen molar-refractivity contribution in [1.29, 1.82) is 0 Å². The molecule has 0 saturated carbocycles. The van der Waals surface area contributed by atoms with Crippen LogP contribution in [-0.2, 0) is 0 Å². The van der Waals surface area contributed by atoms with Crippen LogP contribution in [0.1, 0.15) is 6.92 Å². The highest BCUT2D eigenvalue weighted by Gasteiger charge is 1.99. The lowest BCUT2D eigenvalue weighted by Crippen LogP contribution is -1.96. The fourth-order valence-corrected chi connectivity index (χ4v) is 0.806. The second kappa shape index (κ2) is 3.23. The van der Waals surface area contributed by atoms with Crippen molar-refractivity contribution < 1.29 is 9.13 Å². The molecular weight excluding hydrogens is 145 g/mol. The van der Waals surface area contributed by atoms with Gasteiger partial charge >= 0.3 is 0 Å². The number of nitrogen functional groups attached to an aromatic ring is 1. The van der Waals surface area contributed by atoms with Crippen molar-refractivity contribution in [2.24, 2.45) is 0 Å². The van der Waals surface area contributed by atoms with Crippen molar-refractivity contribution in [2.75, 3.05) is 12.3 Å². The van der Waals surface area contributed by atoms with Crippen LogP contribution in [0.3, 0.4) is 0 Å². The minimum atomic E-state index is -0.342. The van der Waals surface area contributed by atoms with Crippen molar-refractivity contribution in [3.63, 3.8) is 0 Å². The van der Waals surface area contributed by atoms with Gasteiger partial charge in [0.05, 0.1) is 12.3 Å². The normalized spacial score (nSPS) is 9.64. The maximum atomic E-state index is 12.5. The molecule has 2 nitrogen and oxygen atoms in total. The highest BCUT2D eigenvalue weighted by molar-refractivity contribution is 5.52. The molecule has 1 rings (SSSR count). The number of ether oxygens (including phenoxy) is 1. The van der Waals surface area contributed by atoms with Gasteiger partial charge in [0.15, 0.2) is 0 Å². The van der Waals surface area contributed by atoms with E-state index in [0.29, 0.717) is 18.0 Å². The number of rotatable bonds is 2. The van der Waals surface area contributed by atoms with E-state index in [4.69, 9.17) is 10.5 Å². The zero-order valence-electron chi connectivity index (χ0n) is 6.30. The number of halogens is 1. The molecule has 0 unspecified atom stereocenters. The van der Waals surface area contributed by atoms with Gasteiger partial charge in [-0.2, -0.15) is 0 Å². The summed E-state index contributed by atoms with van der Waals surface area (Å²) in [5.41, 5.74) is 5.78. The van der Waals surface area contributed by atoms with Gasteiger partial charge in [0.1, 0.15) is 11.6 Å². The molecule has 0 bridgehead atoms. The van der Waals surface area contributed by atoms with Gasteiger partial charge in [-0.25, -0.2) is 4.39 Å². The van der Waals surface area contributed by atoms with E-state index in [0.717, 1.165) is 0 Å². The van der Waals surface area contributed by atoms with Crippen molar-refractivity contribution >= 4 is 5.69 Å². The Morgan fingerprint density at radius 2 is 2.27 bits per heavy atom. The van der Waals surface area contributed by atoms with E-state index in [1.165, 1.54) is 18.2 Å². The Morgan fingerprint density at radius 1 is 1.55 bits per heavy atom. The summed E-state index contributed by atoms with van der Waals surface area (Å²) in [5.74, 6) is 0.194. The van der Waals surface area contributed by atoms with Gasteiger partial charge in [0.2, 0.25) is 0 Å². The minimum absolute atomic E-state index is 0.340. The first-order valence-corrected chi connectivity index (χ1v) is 3.42. The molecule has 0 heterocycles. The maximum absolute atomic E-state index is 12.5. The van der Waals surface area contributed by atoms with Crippen LogP contribution in [0, 0.1) is 5.82 Å². The third kappa shape index (κ3) is 1.83. The maximum Gasteiger partial charge on any atom is 0.142 e. The molecule has 0 atom stereocenters. The van der Waals surface area contributed by atoms with Gasteiger partial charge in [-0.1, -0.05) is 0 Å².